The van der Waals surface area contributed by atoms with E-state index in [1.165, 1.54) is 11.1 Å². The Hall–Kier alpha value is -2.00. The molecule has 1 aliphatic rings. The van der Waals surface area contributed by atoms with Crippen molar-refractivity contribution in [2.24, 2.45) is 0 Å². The Morgan fingerprint density at radius 3 is 2.67 bits per heavy atom. The van der Waals surface area contributed by atoms with E-state index in [4.69, 9.17) is 9.47 Å². The van der Waals surface area contributed by atoms with Gasteiger partial charge in [-0.3, -0.25) is 0 Å². The smallest absolute Gasteiger partial charge is 0.231 e. The first-order valence-corrected chi connectivity index (χ1v) is 7.47. The molecule has 0 bridgehead atoms. The average Bonchev–Trinajstić information content (AvgIpc) is 2.99. The number of aryl methyl sites for hydroxylation is 1. The predicted octanol–water partition coefficient (Wildman–Crippen LogP) is 3.53. The molecule has 0 aliphatic carbocycles. The topological polar surface area (TPSA) is 30.5 Å². The fraction of sp³-hybridized carbons (Fsp3) is 0.333. The van der Waals surface area contributed by atoms with Gasteiger partial charge in [-0.05, 0) is 43.0 Å². The van der Waals surface area contributed by atoms with E-state index >= 15 is 0 Å². The van der Waals surface area contributed by atoms with Crippen molar-refractivity contribution in [3.05, 3.63) is 59.7 Å². The maximum absolute atomic E-state index is 5.41. The van der Waals surface area contributed by atoms with Gasteiger partial charge < -0.3 is 14.8 Å². The van der Waals surface area contributed by atoms with Gasteiger partial charge in [0.25, 0.3) is 0 Å². The lowest BCUT2D eigenvalue weighted by Gasteiger charge is -2.14. The lowest BCUT2D eigenvalue weighted by molar-refractivity contribution is 0.174. The lowest BCUT2D eigenvalue weighted by atomic mass is 10.1. The Bertz CT molecular complexity index is 583. The van der Waals surface area contributed by atoms with Gasteiger partial charge in [0.05, 0.1) is 0 Å². The summed E-state index contributed by atoms with van der Waals surface area (Å²) in [4.78, 5) is 0. The van der Waals surface area contributed by atoms with Crippen molar-refractivity contribution in [2.45, 2.75) is 32.4 Å². The molecule has 3 rings (SSSR count). The van der Waals surface area contributed by atoms with E-state index in [9.17, 15) is 0 Å². The van der Waals surface area contributed by atoms with Crippen LogP contribution in [0.3, 0.4) is 0 Å². The summed E-state index contributed by atoms with van der Waals surface area (Å²) in [5.41, 5.74) is 2.63. The van der Waals surface area contributed by atoms with Crippen molar-refractivity contribution in [2.75, 3.05) is 6.79 Å². The SMILES string of the molecule is CC(CCc1ccc2c(c1)OCO2)NCc1ccccc1. The van der Waals surface area contributed by atoms with E-state index in [0.29, 0.717) is 12.8 Å². The van der Waals surface area contributed by atoms with Crippen LogP contribution in [-0.4, -0.2) is 12.8 Å². The fourth-order valence-electron chi connectivity index (χ4n) is 2.47. The van der Waals surface area contributed by atoms with Gasteiger partial charge in [-0.25, -0.2) is 0 Å². The molecule has 3 nitrogen and oxygen atoms in total. The van der Waals surface area contributed by atoms with Crippen LogP contribution in [0.1, 0.15) is 24.5 Å². The van der Waals surface area contributed by atoms with Gasteiger partial charge >= 0.3 is 0 Å². The fourth-order valence-corrected chi connectivity index (χ4v) is 2.47. The van der Waals surface area contributed by atoms with E-state index in [0.717, 1.165) is 30.9 Å². The Morgan fingerprint density at radius 2 is 1.81 bits per heavy atom. The Balaban J connectivity index is 1.46. The van der Waals surface area contributed by atoms with E-state index in [2.05, 4.69) is 48.6 Å². The summed E-state index contributed by atoms with van der Waals surface area (Å²) >= 11 is 0. The number of nitrogens with one attached hydrogen (secondary N) is 1. The highest BCUT2D eigenvalue weighted by atomic mass is 16.7. The van der Waals surface area contributed by atoms with Gasteiger partial charge in [0.2, 0.25) is 6.79 Å². The molecular formula is C18H21NO2. The van der Waals surface area contributed by atoms with Gasteiger partial charge in [-0.15, -0.1) is 0 Å². The number of hydrogen-bond donors (Lipinski definition) is 1. The van der Waals surface area contributed by atoms with Crippen LogP contribution in [0.4, 0.5) is 0 Å². The van der Waals surface area contributed by atoms with Crippen molar-refractivity contribution in [3.63, 3.8) is 0 Å². The zero-order valence-electron chi connectivity index (χ0n) is 12.3. The van der Waals surface area contributed by atoms with Gasteiger partial charge in [0, 0.05) is 12.6 Å². The van der Waals surface area contributed by atoms with Crippen LogP contribution in [-0.2, 0) is 13.0 Å². The Morgan fingerprint density at radius 1 is 1.00 bits per heavy atom. The van der Waals surface area contributed by atoms with Crippen LogP contribution in [0.2, 0.25) is 0 Å². The normalized spacial score (nSPS) is 14.1. The molecule has 3 heteroatoms. The van der Waals surface area contributed by atoms with Crippen LogP contribution < -0.4 is 14.8 Å². The van der Waals surface area contributed by atoms with Crippen LogP contribution >= 0.6 is 0 Å². The quantitative estimate of drug-likeness (QED) is 0.880. The van der Waals surface area contributed by atoms with Gasteiger partial charge in [0.15, 0.2) is 11.5 Å². The summed E-state index contributed by atoms with van der Waals surface area (Å²) in [7, 11) is 0. The minimum atomic E-state index is 0.341. The van der Waals surface area contributed by atoms with Gasteiger partial charge in [-0.1, -0.05) is 36.4 Å². The van der Waals surface area contributed by atoms with Crippen molar-refractivity contribution in [3.8, 4) is 11.5 Å². The molecule has 1 atom stereocenters. The average molecular weight is 283 g/mol. The number of rotatable bonds is 6. The second kappa shape index (κ2) is 6.64. The van der Waals surface area contributed by atoms with Crippen LogP contribution in [0, 0.1) is 0 Å². The molecule has 0 spiro atoms. The summed E-state index contributed by atoms with van der Waals surface area (Å²) in [6.45, 7) is 3.49. The first-order valence-electron chi connectivity index (χ1n) is 7.47. The Labute approximate surface area is 125 Å². The van der Waals surface area contributed by atoms with Gasteiger partial charge in [-0.2, -0.15) is 0 Å². The van der Waals surface area contributed by atoms with Crippen LogP contribution in [0.5, 0.6) is 11.5 Å². The minimum absolute atomic E-state index is 0.341. The van der Waals surface area contributed by atoms with Crippen molar-refractivity contribution in [1.82, 2.24) is 5.32 Å². The highest BCUT2D eigenvalue weighted by Gasteiger charge is 2.13. The summed E-state index contributed by atoms with van der Waals surface area (Å²) in [6.07, 6.45) is 2.14. The van der Waals surface area contributed by atoms with Crippen molar-refractivity contribution in [1.29, 1.82) is 0 Å². The molecule has 21 heavy (non-hydrogen) atoms. The molecule has 0 saturated carbocycles. The van der Waals surface area contributed by atoms with Crippen molar-refractivity contribution < 1.29 is 9.47 Å². The summed E-state index contributed by atoms with van der Waals surface area (Å²) in [5.74, 6) is 1.73. The first kappa shape index (κ1) is 14.0. The summed E-state index contributed by atoms with van der Waals surface area (Å²) in [6, 6.07) is 17.2. The third-order valence-electron chi connectivity index (χ3n) is 3.80. The minimum Gasteiger partial charge on any atom is -0.454 e. The van der Waals surface area contributed by atoms with Gasteiger partial charge in [0.1, 0.15) is 0 Å². The number of benzene rings is 2. The predicted molar refractivity (Wildman–Crippen MR) is 83.6 cm³/mol. The lowest BCUT2D eigenvalue weighted by Crippen LogP contribution is -2.25. The molecule has 0 aromatic heterocycles. The number of hydrogen-bond acceptors (Lipinski definition) is 3. The molecule has 110 valence electrons. The van der Waals surface area contributed by atoms with Crippen LogP contribution in [0.25, 0.3) is 0 Å². The number of fused-ring (bicyclic) bond motifs is 1. The monoisotopic (exact) mass is 283 g/mol. The van der Waals surface area contributed by atoms with E-state index in [1.54, 1.807) is 0 Å². The second-order valence-corrected chi connectivity index (χ2v) is 5.49. The molecule has 0 amide bonds. The number of ether oxygens (including phenoxy) is 2. The molecule has 0 saturated heterocycles. The van der Waals surface area contributed by atoms with Crippen LogP contribution in [0.15, 0.2) is 48.5 Å². The van der Waals surface area contributed by atoms with E-state index in [-0.39, 0.29) is 0 Å². The molecule has 0 radical (unpaired) electrons. The molecule has 2 aromatic rings. The molecule has 1 N–H and O–H groups in total. The van der Waals surface area contributed by atoms with E-state index < -0.39 is 0 Å². The molecule has 1 unspecified atom stereocenters. The third-order valence-corrected chi connectivity index (χ3v) is 3.80. The zero-order valence-corrected chi connectivity index (χ0v) is 12.3. The molecular weight excluding hydrogens is 262 g/mol. The first-order chi connectivity index (χ1) is 10.3. The van der Waals surface area contributed by atoms with E-state index in [1.807, 2.05) is 12.1 Å². The molecule has 1 aliphatic heterocycles. The molecule has 1 heterocycles. The molecule has 2 aromatic carbocycles. The summed E-state index contributed by atoms with van der Waals surface area (Å²) < 4.78 is 10.7. The third kappa shape index (κ3) is 3.76. The second-order valence-electron chi connectivity index (χ2n) is 5.49. The Kier molecular flexibility index (Phi) is 4.41. The standard InChI is InChI=1S/C18H21NO2/c1-14(19-12-16-5-3-2-4-6-16)7-8-15-9-10-17-18(11-15)21-13-20-17/h2-6,9-11,14,19H,7-8,12-13H2,1H3. The summed E-state index contributed by atoms with van der Waals surface area (Å²) in [5, 5.41) is 3.57. The highest BCUT2D eigenvalue weighted by molar-refractivity contribution is 5.44. The van der Waals surface area contributed by atoms with Crippen molar-refractivity contribution >= 4 is 0 Å². The highest BCUT2D eigenvalue weighted by Crippen LogP contribution is 2.32. The maximum atomic E-state index is 5.41. The molecule has 0 fully saturated rings. The maximum Gasteiger partial charge on any atom is 0.231 e. The largest absolute Gasteiger partial charge is 0.454 e. The zero-order chi connectivity index (χ0) is 14.5.